The molecular formula is C27H40NOPSi. The summed E-state index contributed by atoms with van der Waals surface area (Å²) in [6.45, 7) is 11.2. The molecule has 2 aromatic rings. The van der Waals surface area contributed by atoms with E-state index in [1.54, 1.807) is 10.6 Å². The molecule has 4 atom stereocenters. The molecule has 2 fully saturated rings. The second kappa shape index (κ2) is 10.3. The average molecular weight is 454 g/mol. The summed E-state index contributed by atoms with van der Waals surface area (Å²) in [5.74, 6) is 0.802. The first-order valence-corrected chi connectivity index (χ1v) is 17.1. The number of likely N-dealkylation sites (tertiary alicyclic amines) is 1. The third-order valence-electron chi connectivity index (χ3n) is 7.60. The molecule has 4 rings (SSSR count). The van der Waals surface area contributed by atoms with Crippen LogP contribution in [0.1, 0.15) is 25.7 Å². The Hall–Kier alpha value is -0.993. The predicted molar refractivity (Wildman–Crippen MR) is 139 cm³/mol. The van der Waals surface area contributed by atoms with Gasteiger partial charge in [0.2, 0.25) is 0 Å². The Morgan fingerprint density at radius 1 is 0.903 bits per heavy atom. The number of hydrogen-bond acceptors (Lipinski definition) is 2. The number of benzene rings is 2. The van der Waals surface area contributed by atoms with Crippen molar-refractivity contribution in [1.82, 2.24) is 4.90 Å². The number of rotatable bonds is 8. The minimum atomic E-state index is -1.24. The maximum absolute atomic E-state index is 5.60. The summed E-state index contributed by atoms with van der Waals surface area (Å²) < 4.78 is 5.60. The first-order valence-electron chi connectivity index (χ1n) is 12.1. The molecule has 2 aliphatic rings. The van der Waals surface area contributed by atoms with Gasteiger partial charge in [0.05, 0.1) is 6.61 Å². The standard InChI is InChI=1S/C27H40NOPSi/c1-29-21-22-12-11-19-28(22)20-25-26(17-18-27(25)31(2,3)4)30(23-13-7-5-8-14-23)24-15-9-6-10-16-24/h5-10,13-16,22,25-27H,11-12,17-21H2,1-4H3/t22-,25?,26?,27?/m0/s1. The van der Waals surface area contributed by atoms with Gasteiger partial charge in [0.25, 0.3) is 0 Å². The molecule has 168 valence electrons. The summed E-state index contributed by atoms with van der Waals surface area (Å²) in [6.07, 6.45) is 5.44. The van der Waals surface area contributed by atoms with Crippen molar-refractivity contribution in [3.05, 3.63) is 60.7 Å². The molecule has 0 aromatic heterocycles. The van der Waals surface area contributed by atoms with Crippen LogP contribution in [0, 0.1) is 5.92 Å². The van der Waals surface area contributed by atoms with Gasteiger partial charge in [-0.05, 0) is 61.5 Å². The van der Waals surface area contributed by atoms with E-state index in [0.717, 1.165) is 23.7 Å². The van der Waals surface area contributed by atoms with E-state index in [4.69, 9.17) is 4.74 Å². The number of ether oxygens (including phenoxy) is 1. The van der Waals surface area contributed by atoms with Crippen molar-refractivity contribution >= 4 is 26.6 Å². The van der Waals surface area contributed by atoms with Crippen LogP contribution in [0.25, 0.3) is 0 Å². The van der Waals surface area contributed by atoms with Crippen LogP contribution in [0.15, 0.2) is 60.7 Å². The molecule has 0 radical (unpaired) electrons. The Morgan fingerprint density at radius 3 is 2.06 bits per heavy atom. The third kappa shape index (κ3) is 5.33. The highest BCUT2D eigenvalue weighted by Gasteiger charge is 2.47. The molecule has 0 N–H and O–H groups in total. The van der Waals surface area contributed by atoms with Crippen molar-refractivity contribution in [2.45, 2.75) is 62.6 Å². The van der Waals surface area contributed by atoms with E-state index in [2.05, 4.69) is 85.2 Å². The Kier molecular flexibility index (Phi) is 7.70. The van der Waals surface area contributed by atoms with Crippen LogP contribution >= 0.6 is 7.92 Å². The van der Waals surface area contributed by atoms with E-state index in [0.29, 0.717) is 6.04 Å². The van der Waals surface area contributed by atoms with Crippen molar-refractivity contribution < 1.29 is 4.74 Å². The van der Waals surface area contributed by atoms with Crippen LogP contribution < -0.4 is 10.6 Å². The van der Waals surface area contributed by atoms with E-state index in [1.165, 1.54) is 38.8 Å². The molecular weight excluding hydrogens is 413 g/mol. The van der Waals surface area contributed by atoms with Crippen molar-refractivity contribution in [3.8, 4) is 0 Å². The fourth-order valence-electron chi connectivity index (χ4n) is 6.19. The van der Waals surface area contributed by atoms with E-state index in [9.17, 15) is 0 Å². The lowest BCUT2D eigenvalue weighted by Crippen LogP contribution is -2.43. The lowest BCUT2D eigenvalue weighted by Gasteiger charge is -2.39. The fraction of sp³-hybridized carbons (Fsp3) is 0.556. The molecule has 0 amide bonds. The average Bonchev–Trinajstić information content (AvgIpc) is 3.38. The normalized spacial score (nSPS) is 27.3. The molecule has 1 heterocycles. The molecule has 1 aliphatic carbocycles. The molecule has 1 aliphatic heterocycles. The van der Waals surface area contributed by atoms with Gasteiger partial charge in [-0.1, -0.05) is 86.7 Å². The van der Waals surface area contributed by atoms with E-state index < -0.39 is 8.07 Å². The summed E-state index contributed by atoms with van der Waals surface area (Å²) in [6, 6.07) is 23.5. The molecule has 0 spiro atoms. The Morgan fingerprint density at radius 2 is 1.52 bits per heavy atom. The largest absolute Gasteiger partial charge is 0.383 e. The lowest BCUT2D eigenvalue weighted by molar-refractivity contribution is 0.106. The van der Waals surface area contributed by atoms with Gasteiger partial charge in [-0.25, -0.2) is 0 Å². The van der Waals surface area contributed by atoms with Gasteiger partial charge < -0.3 is 4.74 Å². The molecule has 2 nitrogen and oxygen atoms in total. The van der Waals surface area contributed by atoms with Crippen molar-refractivity contribution in [2.75, 3.05) is 26.8 Å². The number of hydrogen-bond donors (Lipinski definition) is 0. The van der Waals surface area contributed by atoms with Crippen molar-refractivity contribution in [3.63, 3.8) is 0 Å². The smallest absolute Gasteiger partial charge is 0.0618 e. The maximum atomic E-state index is 5.60. The maximum Gasteiger partial charge on any atom is 0.0618 e. The Labute approximate surface area is 192 Å². The highest BCUT2D eigenvalue weighted by atomic mass is 31.1. The monoisotopic (exact) mass is 453 g/mol. The van der Waals surface area contributed by atoms with Gasteiger partial charge in [-0.2, -0.15) is 0 Å². The summed E-state index contributed by atoms with van der Waals surface area (Å²) in [4.78, 5) is 2.79. The highest BCUT2D eigenvalue weighted by molar-refractivity contribution is 7.73. The molecule has 1 saturated carbocycles. The lowest BCUT2D eigenvalue weighted by atomic mass is 10.1. The summed E-state index contributed by atoms with van der Waals surface area (Å²) in [7, 11) is 0.285. The van der Waals surface area contributed by atoms with Gasteiger partial charge in [-0.15, -0.1) is 0 Å². The van der Waals surface area contributed by atoms with Gasteiger partial charge in [-0.3, -0.25) is 4.90 Å². The minimum absolute atomic E-state index is 0.343. The van der Waals surface area contributed by atoms with Crippen LogP contribution in [0.3, 0.4) is 0 Å². The van der Waals surface area contributed by atoms with E-state index in [1.807, 2.05) is 7.11 Å². The zero-order valence-corrected chi connectivity index (χ0v) is 21.7. The second-order valence-electron chi connectivity index (χ2n) is 10.6. The van der Waals surface area contributed by atoms with Crippen LogP contribution in [-0.4, -0.2) is 51.5 Å². The van der Waals surface area contributed by atoms with Gasteiger partial charge >= 0.3 is 0 Å². The van der Waals surface area contributed by atoms with E-state index >= 15 is 0 Å². The van der Waals surface area contributed by atoms with Crippen LogP contribution in [0.4, 0.5) is 0 Å². The summed E-state index contributed by atoms with van der Waals surface area (Å²) in [5.41, 5.74) is 1.69. The first-order chi connectivity index (χ1) is 15.0. The third-order valence-corrected chi connectivity index (χ3v) is 13.6. The van der Waals surface area contributed by atoms with Crippen molar-refractivity contribution in [1.29, 1.82) is 0 Å². The molecule has 0 bridgehead atoms. The SMILES string of the molecule is COC[C@@H]1CCCN1CC1C(P(c2ccccc2)c2ccccc2)CCC1[Si](C)(C)C. The molecule has 1 saturated heterocycles. The van der Waals surface area contributed by atoms with Crippen LogP contribution in [-0.2, 0) is 4.74 Å². The van der Waals surface area contributed by atoms with Gasteiger partial charge in [0, 0.05) is 27.8 Å². The van der Waals surface area contributed by atoms with Gasteiger partial charge in [0.1, 0.15) is 0 Å². The zero-order valence-electron chi connectivity index (χ0n) is 19.8. The Balaban J connectivity index is 1.69. The quantitative estimate of drug-likeness (QED) is 0.375. The fourth-order valence-corrected chi connectivity index (χ4v) is 12.1. The van der Waals surface area contributed by atoms with Crippen LogP contribution in [0.2, 0.25) is 25.2 Å². The molecule has 4 heteroatoms. The van der Waals surface area contributed by atoms with Crippen molar-refractivity contribution in [2.24, 2.45) is 5.92 Å². The summed E-state index contributed by atoms with van der Waals surface area (Å²) >= 11 is 0. The topological polar surface area (TPSA) is 12.5 Å². The van der Waals surface area contributed by atoms with E-state index in [-0.39, 0.29) is 7.92 Å². The second-order valence-corrected chi connectivity index (χ2v) is 18.5. The highest BCUT2D eigenvalue weighted by Crippen LogP contribution is 2.56. The predicted octanol–water partition coefficient (Wildman–Crippen LogP) is 5.72. The summed E-state index contributed by atoms with van der Waals surface area (Å²) in [5, 5.41) is 3.12. The zero-order chi connectivity index (χ0) is 21.8. The van der Waals surface area contributed by atoms with Gasteiger partial charge in [0.15, 0.2) is 0 Å². The van der Waals surface area contributed by atoms with Crippen LogP contribution in [0.5, 0.6) is 0 Å². The number of methoxy groups -OCH3 is 1. The molecule has 2 aromatic carbocycles. The number of nitrogens with zero attached hydrogens (tertiary/aromatic N) is 1. The Bertz CT molecular complexity index is 769. The molecule has 31 heavy (non-hydrogen) atoms. The first kappa shape index (κ1) is 23.2. The molecule has 3 unspecified atom stereocenters. The minimum Gasteiger partial charge on any atom is -0.383 e.